The molecular weight excluding hydrogens is 272 g/mol. The molecule has 3 nitrogen and oxygen atoms in total. The Bertz CT molecular complexity index is 611. The Hall–Kier alpha value is -1.87. The molecule has 0 aliphatic carbocycles. The summed E-state index contributed by atoms with van der Waals surface area (Å²) in [6, 6.07) is 9.33. The summed E-state index contributed by atoms with van der Waals surface area (Å²) in [6.07, 6.45) is 3.27. The first kappa shape index (κ1) is 14.5. The molecule has 0 atom stereocenters. The molecular formula is C16H17ClN2O. The largest absolute Gasteiger partial charge is 0.352 e. The highest BCUT2D eigenvalue weighted by atomic mass is 35.5. The zero-order chi connectivity index (χ0) is 14.5. The van der Waals surface area contributed by atoms with Crippen molar-refractivity contribution in [3.63, 3.8) is 0 Å². The average molecular weight is 289 g/mol. The van der Waals surface area contributed by atoms with Crippen LogP contribution in [0.2, 0.25) is 5.02 Å². The van der Waals surface area contributed by atoms with Gasteiger partial charge >= 0.3 is 0 Å². The smallest absolute Gasteiger partial charge is 0.252 e. The van der Waals surface area contributed by atoms with Crippen molar-refractivity contribution in [2.75, 3.05) is 6.54 Å². The maximum atomic E-state index is 12.0. The minimum atomic E-state index is -0.111. The normalized spacial score (nSPS) is 10.6. The molecule has 0 radical (unpaired) electrons. The van der Waals surface area contributed by atoms with Crippen LogP contribution in [0.5, 0.6) is 0 Å². The summed E-state index contributed by atoms with van der Waals surface area (Å²) >= 11 is 6.17. The van der Waals surface area contributed by atoms with Gasteiger partial charge in [-0.05, 0) is 18.1 Å². The molecule has 0 unspecified atom stereocenters. The SMILES string of the molecule is CC(C)CNC(=O)c1cncc(-c2ccccc2Cl)c1. The quantitative estimate of drug-likeness (QED) is 0.930. The predicted molar refractivity (Wildman–Crippen MR) is 81.9 cm³/mol. The van der Waals surface area contributed by atoms with E-state index in [4.69, 9.17) is 11.6 Å². The first-order chi connectivity index (χ1) is 9.58. The molecule has 0 fully saturated rings. The number of carbonyl (C=O) groups is 1. The number of hydrogen-bond acceptors (Lipinski definition) is 2. The standard InChI is InChI=1S/C16H17ClN2O/c1-11(2)8-19-16(20)13-7-12(9-18-10-13)14-5-3-4-6-15(14)17/h3-7,9-11H,8H2,1-2H3,(H,19,20). The summed E-state index contributed by atoms with van der Waals surface area (Å²) in [7, 11) is 0. The van der Waals surface area contributed by atoms with Gasteiger partial charge in [-0.2, -0.15) is 0 Å². The Labute approximate surface area is 124 Å². The van der Waals surface area contributed by atoms with E-state index < -0.39 is 0 Å². The Morgan fingerprint density at radius 3 is 2.75 bits per heavy atom. The maximum absolute atomic E-state index is 12.0. The number of carbonyl (C=O) groups excluding carboxylic acids is 1. The third-order valence-corrected chi connectivity index (χ3v) is 3.19. The van der Waals surface area contributed by atoms with Crippen LogP contribution < -0.4 is 5.32 Å². The van der Waals surface area contributed by atoms with E-state index in [1.807, 2.05) is 30.3 Å². The number of hydrogen-bond donors (Lipinski definition) is 1. The van der Waals surface area contributed by atoms with Gasteiger partial charge in [-0.1, -0.05) is 43.6 Å². The highest BCUT2D eigenvalue weighted by Gasteiger charge is 2.09. The lowest BCUT2D eigenvalue weighted by atomic mass is 10.1. The van der Waals surface area contributed by atoms with E-state index in [0.717, 1.165) is 11.1 Å². The average Bonchev–Trinajstić information content (AvgIpc) is 2.45. The second kappa shape index (κ2) is 6.53. The second-order valence-electron chi connectivity index (χ2n) is 5.05. The van der Waals surface area contributed by atoms with Crippen LogP contribution in [0.25, 0.3) is 11.1 Å². The lowest BCUT2D eigenvalue weighted by Crippen LogP contribution is -2.27. The van der Waals surface area contributed by atoms with Crippen LogP contribution in [0.1, 0.15) is 24.2 Å². The van der Waals surface area contributed by atoms with Crippen molar-refractivity contribution in [2.45, 2.75) is 13.8 Å². The molecule has 20 heavy (non-hydrogen) atoms. The van der Waals surface area contributed by atoms with Gasteiger partial charge in [0.1, 0.15) is 0 Å². The maximum Gasteiger partial charge on any atom is 0.252 e. The lowest BCUT2D eigenvalue weighted by Gasteiger charge is -2.09. The third kappa shape index (κ3) is 3.58. The Kier molecular flexibility index (Phi) is 4.74. The molecule has 0 spiro atoms. The number of pyridine rings is 1. The number of benzene rings is 1. The van der Waals surface area contributed by atoms with Gasteiger partial charge in [0.2, 0.25) is 0 Å². The molecule has 104 valence electrons. The van der Waals surface area contributed by atoms with Crippen molar-refractivity contribution in [3.05, 3.63) is 53.3 Å². The number of aromatic nitrogens is 1. The molecule has 0 saturated heterocycles. The van der Waals surface area contributed by atoms with Gasteiger partial charge in [-0.15, -0.1) is 0 Å². The van der Waals surface area contributed by atoms with Crippen molar-refractivity contribution >= 4 is 17.5 Å². The Morgan fingerprint density at radius 2 is 2.05 bits per heavy atom. The number of nitrogens with one attached hydrogen (secondary N) is 1. The van der Waals surface area contributed by atoms with Gasteiger partial charge < -0.3 is 5.32 Å². The minimum absolute atomic E-state index is 0.111. The molecule has 0 saturated carbocycles. The molecule has 1 aromatic heterocycles. The fourth-order valence-electron chi connectivity index (χ4n) is 1.81. The third-order valence-electron chi connectivity index (χ3n) is 2.86. The molecule has 1 aromatic carbocycles. The summed E-state index contributed by atoms with van der Waals surface area (Å²) in [5.74, 6) is 0.304. The molecule has 0 bridgehead atoms. The number of halogens is 1. The van der Waals surface area contributed by atoms with E-state index in [2.05, 4.69) is 24.1 Å². The topological polar surface area (TPSA) is 42.0 Å². The molecule has 1 heterocycles. The van der Waals surface area contributed by atoms with Crippen LogP contribution in [0, 0.1) is 5.92 Å². The molecule has 1 amide bonds. The minimum Gasteiger partial charge on any atom is -0.352 e. The van der Waals surface area contributed by atoms with Crippen LogP contribution >= 0.6 is 11.6 Å². The zero-order valence-electron chi connectivity index (χ0n) is 11.6. The zero-order valence-corrected chi connectivity index (χ0v) is 12.3. The summed E-state index contributed by atoms with van der Waals surface area (Å²) < 4.78 is 0. The molecule has 0 aliphatic heterocycles. The monoisotopic (exact) mass is 288 g/mol. The van der Waals surface area contributed by atoms with E-state index >= 15 is 0 Å². The highest BCUT2D eigenvalue weighted by Crippen LogP contribution is 2.27. The van der Waals surface area contributed by atoms with Gasteiger partial charge in [-0.3, -0.25) is 9.78 Å². The second-order valence-corrected chi connectivity index (χ2v) is 5.45. The van der Waals surface area contributed by atoms with Crippen molar-refractivity contribution in [3.8, 4) is 11.1 Å². The van der Waals surface area contributed by atoms with Crippen LogP contribution in [0.4, 0.5) is 0 Å². The fraction of sp³-hybridized carbons (Fsp3) is 0.250. The van der Waals surface area contributed by atoms with Gasteiger partial charge in [0.25, 0.3) is 5.91 Å². The van der Waals surface area contributed by atoms with Crippen molar-refractivity contribution in [1.29, 1.82) is 0 Å². The molecule has 0 aliphatic rings. The van der Waals surface area contributed by atoms with E-state index in [-0.39, 0.29) is 5.91 Å². The molecule has 2 rings (SSSR count). The summed E-state index contributed by atoms with van der Waals surface area (Å²) in [6.45, 7) is 4.76. The van der Waals surface area contributed by atoms with Gasteiger partial charge in [0, 0.05) is 35.1 Å². The summed E-state index contributed by atoms with van der Waals surface area (Å²) in [5, 5.41) is 3.53. The number of rotatable bonds is 4. The van der Waals surface area contributed by atoms with E-state index in [9.17, 15) is 4.79 Å². The van der Waals surface area contributed by atoms with Crippen molar-refractivity contribution in [1.82, 2.24) is 10.3 Å². The lowest BCUT2D eigenvalue weighted by molar-refractivity contribution is 0.0948. The van der Waals surface area contributed by atoms with Crippen LogP contribution in [0.3, 0.4) is 0 Å². The van der Waals surface area contributed by atoms with Crippen LogP contribution in [-0.4, -0.2) is 17.4 Å². The van der Waals surface area contributed by atoms with E-state index in [1.54, 1.807) is 12.4 Å². The molecule has 4 heteroatoms. The first-order valence-electron chi connectivity index (χ1n) is 6.56. The molecule has 1 N–H and O–H groups in total. The van der Waals surface area contributed by atoms with Crippen molar-refractivity contribution in [2.24, 2.45) is 5.92 Å². The van der Waals surface area contributed by atoms with Crippen molar-refractivity contribution < 1.29 is 4.79 Å². The Balaban J connectivity index is 2.24. The first-order valence-corrected chi connectivity index (χ1v) is 6.94. The summed E-state index contributed by atoms with van der Waals surface area (Å²) in [5.41, 5.74) is 2.26. The highest BCUT2D eigenvalue weighted by molar-refractivity contribution is 6.33. The van der Waals surface area contributed by atoms with E-state index in [0.29, 0.717) is 23.0 Å². The Morgan fingerprint density at radius 1 is 1.30 bits per heavy atom. The number of nitrogens with zero attached hydrogens (tertiary/aromatic N) is 1. The van der Waals surface area contributed by atoms with Crippen LogP contribution in [-0.2, 0) is 0 Å². The predicted octanol–water partition coefficient (Wildman–Crippen LogP) is 3.79. The van der Waals surface area contributed by atoms with E-state index in [1.165, 1.54) is 0 Å². The van der Waals surface area contributed by atoms with Crippen LogP contribution in [0.15, 0.2) is 42.7 Å². The summed E-state index contributed by atoms with van der Waals surface area (Å²) in [4.78, 5) is 16.2. The van der Waals surface area contributed by atoms with Gasteiger partial charge in [0.15, 0.2) is 0 Å². The van der Waals surface area contributed by atoms with Gasteiger partial charge in [-0.25, -0.2) is 0 Å². The number of amides is 1. The molecule has 2 aromatic rings. The fourth-order valence-corrected chi connectivity index (χ4v) is 2.05. The van der Waals surface area contributed by atoms with Gasteiger partial charge in [0.05, 0.1) is 5.56 Å².